The average Bonchev–Trinajstić information content (AvgIpc) is 2.42. The molecule has 0 aromatic heterocycles. The van der Waals surface area contributed by atoms with Gasteiger partial charge in [0.2, 0.25) is 0 Å². The van der Waals surface area contributed by atoms with Crippen LogP contribution in [0.25, 0.3) is 11.6 Å². The molecule has 0 unspecified atom stereocenters. The third-order valence-corrected chi connectivity index (χ3v) is 3.05. The quantitative estimate of drug-likeness (QED) is 0.417. The van der Waals surface area contributed by atoms with Crippen LogP contribution in [0, 0.1) is 6.92 Å². The maximum atomic E-state index is 4.58. The van der Waals surface area contributed by atoms with Gasteiger partial charge in [0.15, 0.2) is 0 Å². The highest BCUT2D eigenvalue weighted by Crippen LogP contribution is 2.20. The van der Waals surface area contributed by atoms with Crippen molar-refractivity contribution in [2.45, 2.75) is 13.8 Å². The van der Waals surface area contributed by atoms with Crippen LogP contribution in [0.2, 0.25) is 0 Å². The third kappa shape index (κ3) is 3.72. The van der Waals surface area contributed by atoms with E-state index in [-0.39, 0.29) is 0 Å². The van der Waals surface area contributed by atoms with Gasteiger partial charge >= 0.3 is 0 Å². The summed E-state index contributed by atoms with van der Waals surface area (Å²) in [6, 6.07) is 16.5. The van der Waals surface area contributed by atoms with Gasteiger partial charge in [-0.1, -0.05) is 48.0 Å². The van der Waals surface area contributed by atoms with Gasteiger partial charge in [-0.25, -0.2) is 0 Å². The van der Waals surface area contributed by atoms with Crippen LogP contribution < -0.4 is 0 Å². The lowest BCUT2D eigenvalue weighted by Gasteiger charge is -2.03. The van der Waals surface area contributed by atoms with Crippen molar-refractivity contribution in [3.63, 3.8) is 0 Å². The Hall–Kier alpha value is -2.02. The minimum absolute atomic E-state index is 0.833. The average molecular weight is 265 g/mol. The Morgan fingerprint density at radius 1 is 1.05 bits per heavy atom. The topological polar surface area (TPSA) is 12.4 Å². The summed E-state index contributed by atoms with van der Waals surface area (Å²) in [4.78, 5) is 3.94. The number of aliphatic imine (C=N–C) groups is 1. The van der Waals surface area contributed by atoms with Gasteiger partial charge in [-0.05, 0) is 54.9 Å². The van der Waals surface area contributed by atoms with E-state index in [0.29, 0.717) is 0 Å². The molecule has 2 aromatic carbocycles. The highest BCUT2D eigenvalue weighted by molar-refractivity contribution is 7.78. The van der Waals surface area contributed by atoms with E-state index in [0.717, 1.165) is 11.3 Å². The number of nitrogens with zero attached hydrogens (tertiary/aromatic N) is 1. The van der Waals surface area contributed by atoms with Crippen molar-refractivity contribution in [3.8, 4) is 0 Å². The predicted molar refractivity (Wildman–Crippen MR) is 85.9 cm³/mol. The van der Waals surface area contributed by atoms with Gasteiger partial charge in [-0.3, -0.25) is 0 Å². The molecular formula is C17H15NS. The second kappa shape index (κ2) is 6.24. The van der Waals surface area contributed by atoms with Crippen LogP contribution in [0.3, 0.4) is 0 Å². The van der Waals surface area contributed by atoms with Crippen molar-refractivity contribution in [1.82, 2.24) is 0 Å². The lowest BCUT2D eigenvalue weighted by molar-refractivity contribution is 1.45. The van der Waals surface area contributed by atoms with Crippen LogP contribution in [-0.2, 0) is 0 Å². The number of isothiocyanates is 1. The number of rotatable bonds is 3. The summed E-state index contributed by atoms with van der Waals surface area (Å²) in [5.74, 6) is 0. The van der Waals surface area contributed by atoms with E-state index in [1.807, 2.05) is 24.3 Å². The molecule has 19 heavy (non-hydrogen) atoms. The second-order valence-corrected chi connectivity index (χ2v) is 4.67. The van der Waals surface area contributed by atoms with E-state index in [2.05, 4.69) is 66.6 Å². The Labute approximate surface area is 119 Å². The van der Waals surface area contributed by atoms with E-state index in [1.165, 1.54) is 16.7 Å². The molecule has 0 spiro atoms. The predicted octanol–water partition coefficient (Wildman–Crippen LogP) is 5.29. The zero-order chi connectivity index (χ0) is 13.7. The Bertz CT molecular complexity index is 630. The first-order chi connectivity index (χ1) is 9.19. The highest BCUT2D eigenvalue weighted by Gasteiger charge is 1.96. The van der Waals surface area contributed by atoms with Gasteiger partial charge < -0.3 is 0 Å². The third-order valence-electron chi connectivity index (χ3n) is 2.96. The van der Waals surface area contributed by atoms with Crippen molar-refractivity contribution in [2.24, 2.45) is 4.99 Å². The molecule has 0 heterocycles. The summed E-state index contributed by atoms with van der Waals surface area (Å²) in [5, 5.41) is 2.37. The van der Waals surface area contributed by atoms with Gasteiger partial charge in [0.05, 0.1) is 10.8 Å². The standard InChI is InChI=1S/C17H15NS/c1-13-3-7-16(8-4-13)14(2)11-15-5-9-17(10-6-15)18-12-19/h3-11H,1-2H3. The lowest BCUT2D eigenvalue weighted by atomic mass is 10.0. The van der Waals surface area contributed by atoms with Crippen molar-refractivity contribution >= 4 is 34.7 Å². The molecule has 0 aliphatic rings. The van der Waals surface area contributed by atoms with Gasteiger partial charge in [0, 0.05) is 0 Å². The zero-order valence-corrected chi connectivity index (χ0v) is 11.9. The van der Waals surface area contributed by atoms with Crippen LogP contribution >= 0.6 is 12.2 Å². The second-order valence-electron chi connectivity index (χ2n) is 4.49. The molecule has 0 saturated heterocycles. The molecule has 0 radical (unpaired) electrons. The molecule has 2 rings (SSSR count). The molecule has 94 valence electrons. The first-order valence-electron chi connectivity index (χ1n) is 6.12. The molecule has 0 aliphatic carbocycles. The summed E-state index contributed by atoms with van der Waals surface area (Å²) in [6.45, 7) is 4.21. The van der Waals surface area contributed by atoms with Crippen LogP contribution in [0.1, 0.15) is 23.6 Å². The molecule has 0 bridgehead atoms. The number of benzene rings is 2. The molecule has 2 aromatic rings. The number of allylic oxidation sites excluding steroid dienone is 1. The normalized spacial score (nSPS) is 10.9. The Morgan fingerprint density at radius 3 is 2.26 bits per heavy atom. The van der Waals surface area contributed by atoms with Gasteiger partial charge in [-0.2, -0.15) is 4.99 Å². The van der Waals surface area contributed by atoms with E-state index in [9.17, 15) is 0 Å². The maximum absolute atomic E-state index is 4.58. The minimum atomic E-state index is 0.833. The van der Waals surface area contributed by atoms with Gasteiger partial charge in [-0.15, -0.1) is 0 Å². The monoisotopic (exact) mass is 265 g/mol. The molecule has 0 fully saturated rings. The van der Waals surface area contributed by atoms with E-state index in [1.54, 1.807) is 0 Å². The van der Waals surface area contributed by atoms with Crippen LogP contribution in [0.15, 0.2) is 53.5 Å². The Balaban J connectivity index is 2.24. The SMILES string of the molecule is CC(=Cc1ccc(N=C=S)cc1)c1ccc(C)cc1. The van der Waals surface area contributed by atoms with Gasteiger partial charge in [0.1, 0.15) is 0 Å². The molecule has 2 heteroatoms. The van der Waals surface area contributed by atoms with Crippen LogP contribution in [0.5, 0.6) is 0 Å². The Kier molecular flexibility index (Phi) is 4.40. The zero-order valence-electron chi connectivity index (χ0n) is 11.1. The van der Waals surface area contributed by atoms with E-state index in [4.69, 9.17) is 0 Å². The summed E-state index contributed by atoms with van der Waals surface area (Å²) >= 11 is 4.58. The number of hydrogen-bond acceptors (Lipinski definition) is 2. The van der Waals surface area contributed by atoms with Crippen molar-refractivity contribution < 1.29 is 0 Å². The first kappa shape index (κ1) is 13.4. The first-order valence-corrected chi connectivity index (χ1v) is 6.53. The molecule has 0 aliphatic heterocycles. The fraction of sp³-hybridized carbons (Fsp3) is 0.118. The highest BCUT2D eigenvalue weighted by atomic mass is 32.1. The van der Waals surface area contributed by atoms with Crippen LogP contribution in [0.4, 0.5) is 5.69 Å². The largest absolute Gasteiger partial charge is 0.195 e. The number of aryl methyl sites for hydroxylation is 1. The molecule has 0 N–H and O–H groups in total. The summed E-state index contributed by atoms with van der Waals surface area (Å²) in [6.07, 6.45) is 2.16. The fourth-order valence-corrected chi connectivity index (χ4v) is 1.95. The summed E-state index contributed by atoms with van der Waals surface area (Å²) in [5.41, 5.74) is 5.75. The number of hydrogen-bond donors (Lipinski definition) is 0. The fourth-order valence-electron chi connectivity index (χ4n) is 1.85. The molecule has 0 atom stereocenters. The molecular weight excluding hydrogens is 250 g/mol. The van der Waals surface area contributed by atoms with Crippen molar-refractivity contribution in [2.75, 3.05) is 0 Å². The molecule has 1 nitrogen and oxygen atoms in total. The van der Waals surface area contributed by atoms with Crippen molar-refractivity contribution in [1.29, 1.82) is 0 Å². The molecule has 0 amide bonds. The summed E-state index contributed by atoms with van der Waals surface area (Å²) < 4.78 is 0. The Morgan fingerprint density at radius 2 is 1.68 bits per heavy atom. The summed E-state index contributed by atoms with van der Waals surface area (Å²) in [7, 11) is 0. The van der Waals surface area contributed by atoms with Gasteiger partial charge in [0.25, 0.3) is 0 Å². The lowest BCUT2D eigenvalue weighted by Crippen LogP contribution is -1.80. The maximum Gasteiger partial charge on any atom is 0.0739 e. The molecule has 0 saturated carbocycles. The smallest absolute Gasteiger partial charge is 0.0739 e. The van der Waals surface area contributed by atoms with Crippen LogP contribution in [-0.4, -0.2) is 5.16 Å². The van der Waals surface area contributed by atoms with E-state index < -0.39 is 0 Å². The minimum Gasteiger partial charge on any atom is -0.195 e. The number of thiocarbonyl (C=S) groups is 1. The van der Waals surface area contributed by atoms with Crippen molar-refractivity contribution in [3.05, 3.63) is 65.2 Å². The van der Waals surface area contributed by atoms with E-state index >= 15 is 0 Å².